The van der Waals surface area contributed by atoms with Crippen LogP contribution < -0.4 is 4.74 Å². The average molecular weight is 601 g/mol. The summed E-state index contributed by atoms with van der Waals surface area (Å²) in [4.78, 5) is 0. The van der Waals surface area contributed by atoms with Crippen molar-refractivity contribution in [2.24, 2.45) is 0 Å². The highest BCUT2D eigenvalue weighted by atomic mass is 35.5. The minimum Gasteiger partial charge on any atom is -0.429 e. The maximum absolute atomic E-state index is 15.2. The van der Waals surface area contributed by atoms with Gasteiger partial charge in [-0.05, 0) is 66.8 Å². The summed E-state index contributed by atoms with van der Waals surface area (Å²) in [5.74, 6) is -12.6. The van der Waals surface area contributed by atoms with Crippen LogP contribution in [0.3, 0.4) is 0 Å². The molecule has 0 N–H and O–H groups in total. The number of hydrogen-bond donors (Lipinski definition) is 0. The van der Waals surface area contributed by atoms with Gasteiger partial charge in [0.05, 0.1) is 5.02 Å². The van der Waals surface area contributed by atoms with Crippen LogP contribution in [0, 0.1) is 40.7 Å². The van der Waals surface area contributed by atoms with Crippen LogP contribution in [-0.2, 0) is 12.5 Å². The Kier molecular flexibility index (Phi) is 8.72. The lowest BCUT2D eigenvalue weighted by molar-refractivity contribution is -0.189. The van der Waals surface area contributed by atoms with Gasteiger partial charge in [-0.25, -0.2) is 30.7 Å². The van der Waals surface area contributed by atoms with Crippen molar-refractivity contribution in [3.8, 4) is 28.0 Å². The van der Waals surface area contributed by atoms with Crippen molar-refractivity contribution in [3.05, 3.63) is 124 Å². The van der Waals surface area contributed by atoms with Crippen molar-refractivity contribution in [2.45, 2.75) is 25.9 Å². The Morgan fingerprint density at radius 2 is 1.34 bits per heavy atom. The van der Waals surface area contributed by atoms with E-state index in [1.807, 2.05) is 19.1 Å². The number of alkyl halides is 2. The maximum Gasteiger partial charge on any atom is 0.432 e. The van der Waals surface area contributed by atoms with Crippen molar-refractivity contribution in [1.29, 1.82) is 0 Å². The molecule has 0 bridgehead atoms. The molecular weight excluding hydrogens is 583 g/mol. The molecule has 0 radical (unpaired) electrons. The highest BCUT2D eigenvalue weighted by Crippen LogP contribution is 2.41. The summed E-state index contributed by atoms with van der Waals surface area (Å²) in [6.07, 6.45) is 0.217. The molecule has 0 spiro atoms. The van der Waals surface area contributed by atoms with E-state index in [0.717, 1.165) is 12.1 Å². The van der Waals surface area contributed by atoms with Gasteiger partial charge in [0.25, 0.3) is 0 Å². The summed E-state index contributed by atoms with van der Waals surface area (Å²) in [5, 5.41) is -0.400. The second-order valence-corrected chi connectivity index (χ2v) is 9.28. The van der Waals surface area contributed by atoms with Gasteiger partial charge in [-0.15, -0.1) is 0 Å². The van der Waals surface area contributed by atoms with Crippen molar-refractivity contribution in [2.75, 3.05) is 0 Å². The van der Waals surface area contributed by atoms with Crippen LogP contribution in [0.15, 0.2) is 66.7 Å². The number of rotatable bonds is 8. The molecule has 4 aromatic rings. The Balaban J connectivity index is 1.67. The molecule has 0 fully saturated rings. The van der Waals surface area contributed by atoms with Gasteiger partial charge in [0.2, 0.25) is 0 Å². The quantitative estimate of drug-likeness (QED) is 0.111. The van der Waals surface area contributed by atoms with Gasteiger partial charge < -0.3 is 4.74 Å². The van der Waals surface area contributed by atoms with E-state index in [1.165, 1.54) is 12.1 Å². The second kappa shape index (κ2) is 11.9. The first-order valence-corrected chi connectivity index (χ1v) is 12.3. The first kappa shape index (κ1) is 30.0. The van der Waals surface area contributed by atoms with E-state index in [2.05, 4.69) is 4.74 Å². The predicted molar refractivity (Wildman–Crippen MR) is 136 cm³/mol. The fraction of sp³-hybridized carbons (Fsp3) is 0.133. The van der Waals surface area contributed by atoms with Crippen LogP contribution >= 0.6 is 11.6 Å². The largest absolute Gasteiger partial charge is 0.432 e. The standard InChI is InChI=1S/C30H18ClF9O/c1-2-3-4-5-15-6-7-19(21(32)8-15)16-9-20(31)27(22(33)10-16)17-11-23(34)28(24(35)12-17)30(39,40)41-18-13-25(36)29(38)26(37)14-18/h2-3,6-14H,4-5H2,1H3/b3-2+. The first-order chi connectivity index (χ1) is 19.3. The van der Waals surface area contributed by atoms with E-state index < -0.39 is 74.3 Å². The lowest BCUT2D eigenvalue weighted by Gasteiger charge is -2.20. The van der Waals surface area contributed by atoms with Gasteiger partial charge in [-0.3, -0.25) is 0 Å². The lowest BCUT2D eigenvalue weighted by Crippen LogP contribution is -2.25. The zero-order valence-corrected chi connectivity index (χ0v) is 21.7. The zero-order chi connectivity index (χ0) is 30.1. The summed E-state index contributed by atoms with van der Waals surface area (Å²) in [6.45, 7) is 1.86. The number of benzene rings is 4. The van der Waals surface area contributed by atoms with E-state index in [9.17, 15) is 35.1 Å². The molecule has 0 saturated carbocycles. The fourth-order valence-corrected chi connectivity index (χ4v) is 4.47. The Morgan fingerprint density at radius 3 is 1.90 bits per heavy atom. The molecule has 0 heterocycles. The molecule has 0 aliphatic rings. The molecule has 0 unspecified atom stereocenters. The second-order valence-electron chi connectivity index (χ2n) is 8.87. The molecular formula is C30H18ClF9O. The molecule has 4 aromatic carbocycles. The maximum atomic E-state index is 15.2. The zero-order valence-electron chi connectivity index (χ0n) is 21.0. The SMILES string of the molecule is C/C=C/CCc1ccc(-c2cc(F)c(-c3cc(F)c(C(F)(F)Oc4cc(F)c(F)c(F)c4)c(F)c3)c(Cl)c2)c(F)c1. The van der Waals surface area contributed by atoms with Crippen LogP contribution in [0.25, 0.3) is 22.3 Å². The molecule has 214 valence electrons. The number of halogens is 10. The number of aryl methyl sites for hydroxylation is 1. The van der Waals surface area contributed by atoms with Crippen LogP contribution in [-0.4, -0.2) is 0 Å². The molecule has 0 aliphatic carbocycles. The van der Waals surface area contributed by atoms with Crippen LogP contribution in [0.2, 0.25) is 5.02 Å². The highest BCUT2D eigenvalue weighted by Gasteiger charge is 2.41. The van der Waals surface area contributed by atoms with E-state index in [-0.39, 0.29) is 23.3 Å². The Morgan fingerprint density at radius 1 is 0.732 bits per heavy atom. The lowest BCUT2D eigenvalue weighted by atomic mass is 9.96. The third-order valence-corrected chi connectivity index (χ3v) is 6.35. The van der Waals surface area contributed by atoms with E-state index in [0.29, 0.717) is 30.5 Å². The first-order valence-electron chi connectivity index (χ1n) is 11.9. The summed E-state index contributed by atoms with van der Waals surface area (Å²) in [7, 11) is 0. The van der Waals surface area contributed by atoms with Crippen molar-refractivity contribution in [1.82, 2.24) is 0 Å². The van der Waals surface area contributed by atoms with Crippen LogP contribution in [0.4, 0.5) is 39.5 Å². The Bertz CT molecular complexity index is 1580. The Labute approximate surface area is 233 Å². The van der Waals surface area contributed by atoms with Gasteiger partial charge in [-0.1, -0.05) is 35.9 Å². The fourth-order valence-electron chi connectivity index (χ4n) is 4.16. The third-order valence-electron chi connectivity index (χ3n) is 6.05. The van der Waals surface area contributed by atoms with E-state index in [1.54, 1.807) is 6.07 Å². The van der Waals surface area contributed by atoms with Gasteiger partial charge in [0.1, 0.15) is 34.6 Å². The molecule has 0 atom stereocenters. The van der Waals surface area contributed by atoms with Crippen molar-refractivity contribution >= 4 is 11.6 Å². The minimum atomic E-state index is -4.83. The summed E-state index contributed by atoms with van der Waals surface area (Å²) in [6, 6.07) is 7.23. The monoisotopic (exact) mass is 600 g/mol. The topological polar surface area (TPSA) is 9.23 Å². The number of allylic oxidation sites excluding steroid dienone is 2. The van der Waals surface area contributed by atoms with Gasteiger partial charge >= 0.3 is 6.11 Å². The molecule has 0 aliphatic heterocycles. The predicted octanol–water partition coefficient (Wildman–Crippen LogP) is 10.3. The molecule has 4 rings (SSSR count). The Hall–Kier alpha value is -3.92. The van der Waals surface area contributed by atoms with Crippen LogP contribution in [0.5, 0.6) is 5.75 Å². The molecule has 0 amide bonds. The third kappa shape index (κ3) is 6.37. The van der Waals surface area contributed by atoms with Crippen molar-refractivity contribution in [3.63, 3.8) is 0 Å². The summed E-state index contributed by atoms with van der Waals surface area (Å²) < 4.78 is 133. The molecule has 11 heteroatoms. The normalized spacial score (nSPS) is 11.9. The van der Waals surface area contributed by atoms with Gasteiger partial charge in [0, 0.05) is 23.3 Å². The van der Waals surface area contributed by atoms with Gasteiger partial charge in [-0.2, -0.15) is 8.78 Å². The van der Waals surface area contributed by atoms with Crippen molar-refractivity contribution < 1.29 is 44.3 Å². The molecule has 1 nitrogen and oxygen atoms in total. The summed E-state index contributed by atoms with van der Waals surface area (Å²) >= 11 is 6.18. The van der Waals surface area contributed by atoms with E-state index >= 15 is 4.39 Å². The van der Waals surface area contributed by atoms with Crippen LogP contribution in [0.1, 0.15) is 24.5 Å². The summed E-state index contributed by atoms with van der Waals surface area (Å²) in [5.41, 5.74) is -2.37. The van der Waals surface area contributed by atoms with Gasteiger partial charge in [0.15, 0.2) is 17.5 Å². The molecule has 41 heavy (non-hydrogen) atoms. The number of hydrogen-bond acceptors (Lipinski definition) is 1. The smallest absolute Gasteiger partial charge is 0.429 e. The average Bonchev–Trinajstić information content (AvgIpc) is 2.86. The molecule has 0 aromatic heterocycles. The minimum absolute atomic E-state index is 0.00491. The number of ether oxygens (including phenoxy) is 1. The highest BCUT2D eigenvalue weighted by molar-refractivity contribution is 6.33. The van der Waals surface area contributed by atoms with E-state index in [4.69, 9.17) is 11.6 Å². The molecule has 0 saturated heterocycles.